The molecule has 0 amide bonds. The van der Waals surface area contributed by atoms with Crippen molar-refractivity contribution in [1.82, 2.24) is 9.88 Å². The number of aryl methyl sites for hydroxylation is 1. The fourth-order valence-electron chi connectivity index (χ4n) is 2.04. The topological polar surface area (TPSA) is 19.4 Å². The van der Waals surface area contributed by atoms with Crippen LogP contribution >= 0.6 is 15.9 Å². The number of rotatable bonds is 2. The summed E-state index contributed by atoms with van der Waals surface area (Å²) in [6.45, 7) is 10.00. The molecular weight excluding hydrogens is 266 g/mol. The van der Waals surface area contributed by atoms with Crippen molar-refractivity contribution in [2.24, 2.45) is 0 Å². The third-order valence-electron chi connectivity index (χ3n) is 3.18. The highest BCUT2D eigenvalue weighted by atomic mass is 79.9. The van der Waals surface area contributed by atoms with E-state index in [1.165, 1.54) is 11.3 Å². The minimum atomic E-state index is 0.948. The van der Waals surface area contributed by atoms with E-state index in [1.54, 1.807) is 0 Å². The Hall–Kier alpha value is -0.610. The summed E-state index contributed by atoms with van der Waals surface area (Å²) >= 11 is 3.44. The monoisotopic (exact) mass is 283 g/mol. The molecule has 1 aliphatic rings. The predicted octanol–water partition coefficient (Wildman–Crippen LogP) is 2.29. The molecule has 0 aromatic carbocycles. The van der Waals surface area contributed by atoms with Crippen LogP contribution in [0.25, 0.3) is 0 Å². The van der Waals surface area contributed by atoms with Crippen molar-refractivity contribution in [2.75, 3.05) is 37.6 Å². The maximum Gasteiger partial charge on any atom is 0.109 e. The second-order valence-corrected chi connectivity index (χ2v) is 4.97. The van der Waals surface area contributed by atoms with E-state index in [2.05, 4.69) is 50.6 Å². The number of pyridine rings is 1. The molecule has 1 fully saturated rings. The minimum Gasteiger partial charge on any atom is -0.368 e. The quantitative estimate of drug-likeness (QED) is 0.777. The molecule has 0 spiro atoms. The summed E-state index contributed by atoms with van der Waals surface area (Å²) in [7, 11) is 0. The molecule has 4 heteroatoms. The van der Waals surface area contributed by atoms with Gasteiger partial charge >= 0.3 is 0 Å². The lowest BCUT2D eigenvalue weighted by atomic mass is 10.2. The minimum absolute atomic E-state index is 0.948. The molecule has 16 heavy (non-hydrogen) atoms. The molecule has 1 saturated heterocycles. The summed E-state index contributed by atoms with van der Waals surface area (Å²) in [5.41, 5.74) is 2.45. The molecule has 2 rings (SSSR count). The summed E-state index contributed by atoms with van der Waals surface area (Å²) in [6, 6.07) is 2.21. The number of piperazine rings is 1. The second-order valence-electron chi connectivity index (χ2n) is 4.22. The molecule has 88 valence electrons. The number of halogens is 1. The first-order valence-electron chi connectivity index (χ1n) is 5.80. The first-order valence-corrected chi connectivity index (χ1v) is 6.59. The van der Waals surface area contributed by atoms with E-state index in [0.717, 1.165) is 37.3 Å². The van der Waals surface area contributed by atoms with Gasteiger partial charge in [0.1, 0.15) is 4.60 Å². The number of anilines is 1. The van der Waals surface area contributed by atoms with Gasteiger partial charge in [0.25, 0.3) is 0 Å². The Morgan fingerprint density at radius 3 is 2.56 bits per heavy atom. The Morgan fingerprint density at radius 2 is 2.00 bits per heavy atom. The number of aromatic nitrogens is 1. The molecule has 1 aliphatic heterocycles. The van der Waals surface area contributed by atoms with Gasteiger partial charge in [-0.3, -0.25) is 0 Å². The second kappa shape index (κ2) is 5.15. The third-order valence-corrected chi connectivity index (χ3v) is 4.01. The molecule has 0 unspecified atom stereocenters. The molecule has 0 aliphatic carbocycles. The highest BCUT2D eigenvalue weighted by molar-refractivity contribution is 9.10. The fraction of sp³-hybridized carbons (Fsp3) is 0.583. The highest BCUT2D eigenvalue weighted by Crippen LogP contribution is 2.21. The molecule has 2 heterocycles. The van der Waals surface area contributed by atoms with E-state index in [0.29, 0.717) is 0 Å². The first kappa shape index (κ1) is 11.9. The standard InChI is InChI=1S/C12H18BrN3/c1-3-15-4-6-16(7-5-15)11-8-10(2)12(13)14-9-11/h8-9H,3-7H2,1-2H3. The van der Waals surface area contributed by atoms with E-state index in [9.17, 15) is 0 Å². The van der Waals surface area contributed by atoms with Gasteiger partial charge in [-0.15, -0.1) is 0 Å². The lowest BCUT2D eigenvalue weighted by Crippen LogP contribution is -2.46. The van der Waals surface area contributed by atoms with Gasteiger partial charge in [-0.2, -0.15) is 0 Å². The Balaban J connectivity index is 2.05. The molecule has 3 nitrogen and oxygen atoms in total. The summed E-state index contributed by atoms with van der Waals surface area (Å²) < 4.78 is 0.948. The maximum absolute atomic E-state index is 4.35. The summed E-state index contributed by atoms with van der Waals surface area (Å²) in [6.07, 6.45) is 1.96. The molecular formula is C12H18BrN3. The highest BCUT2D eigenvalue weighted by Gasteiger charge is 2.16. The van der Waals surface area contributed by atoms with Crippen LogP contribution in [0.2, 0.25) is 0 Å². The average Bonchev–Trinajstić information content (AvgIpc) is 2.33. The number of nitrogens with zero attached hydrogens (tertiary/aromatic N) is 3. The van der Waals surface area contributed by atoms with Crippen LogP contribution in [0.1, 0.15) is 12.5 Å². The smallest absolute Gasteiger partial charge is 0.109 e. The SMILES string of the molecule is CCN1CCN(c2cnc(Br)c(C)c2)CC1. The zero-order valence-corrected chi connectivity index (χ0v) is 11.5. The Bertz CT molecular complexity index is 359. The number of likely N-dealkylation sites (N-methyl/N-ethyl adjacent to an activating group) is 1. The van der Waals surface area contributed by atoms with Crippen molar-refractivity contribution >= 4 is 21.6 Å². The third kappa shape index (κ3) is 2.55. The average molecular weight is 284 g/mol. The van der Waals surface area contributed by atoms with Crippen LogP contribution in [0.4, 0.5) is 5.69 Å². The Morgan fingerprint density at radius 1 is 1.31 bits per heavy atom. The van der Waals surface area contributed by atoms with Crippen LogP contribution in [-0.2, 0) is 0 Å². The molecule has 0 N–H and O–H groups in total. The largest absolute Gasteiger partial charge is 0.368 e. The van der Waals surface area contributed by atoms with E-state index in [1.807, 2.05) is 6.20 Å². The van der Waals surface area contributed by atoms with Gasteiger partial charge in [0.15, 0.2) is 0 Å². The van der Waals surface area contributed by atoms with Crippen molar-refractivity contribution in [3.63, 3.8) is 0 Å². The maximum atomic E-state index is 4.35. The zero-order valence-electron chi connectivity index (χ0n) is 9.91. The fourth-order valence-corrected chi connectivity index (χ4v) is 2.26. The van der Waals surface area contributed by atoms with Crippen molar-refractivity contribution in [3.05, 3.63) is 22.4 Å². The molecule has 0 saturated carbocycles. The van der Waals surface area contributed by atoms with Crippen LogP contribution in [0.3, 0.4) is 0 Å². The van der Waals surface area contributed by atoms with Gasteiger partial charge in [0.05, 0.1) is 11.9 Å². The molecule has 1 aromatic heterocycles. The molecule has 0 atom stereocenters. The van der Waals surface area contributed by atoms with E-state index < -0.39 is 0 Å². The van der Waals surface area contributed by atoms with Gasteiger partial charge in [-0.1, -0.05) is 6.92 Å². The summed E-state index contributed by atoms with van der Waals surface area (Å²) in [4.78, 5) is 9.25. The van der Waals surface area contributed by atoms with Crippen LogP contribution < -0.4 is 4.90 Å². The summed E-state index contributed by atoms with van der Waals surface area (Å²) in [5.74, 6) is 0. The molecule has 0 radical (unpaired) electrons. The van der Waals surface area contributed by atoms with E-state index in [-0.39, 0.29) is 0 Å². The molecule has 1 aromatic rings. The van der Waals surface area contributed by atoms with E-state index >= 15 is 0 Å². The molecule has 0 bridgehead atoms. The lowest BCUT2D eigenvalue weighted by Gasteiger charge is -2.35. The Labute approximate surface area is 106 Å². The number of hydrogen-bond acceptors (Lipinski definition) is 3. The van der Waals surface area contributed by atoms with Crippen LogP contribution in [-0.4, -0.2) is 42.6 Å². The van der Waals surface area contributed by atoms with Crippen LogP contribution in [0.15, 0.2) is 16.9 Å². The van der Waals surface area contributed by atoms with Gasteiger partial charge in [0, 0.05) is 26.2 Å². The van der Waals surface area contributed by atoms with Crippen LogP contribution in [0.5, 0.6) is 0 Å². The van der Waals surface area contributed by atoms with Gasteiger partial charge in [0.2, 0.25) is 0 Å². The van der Waals surface area contributed by atoms with Gasteiger partial charge in [-0.05, 0) is 41.0 Å². The number of hydrogen-bond donors (Lipinski definition) is 0. The van der Waals surface area contributed by atoms with Crippen LogP contribution in [0, 0.1) is 6.92 Å². The van der Waals surface area contributed by atoms with Crippen molar-refractivity contribution < 1.29 is 0 Å². The summed E-state index contributed by atoms with van der Waals surface area (Å²) in [5, 5.41) is 0. The predicted molar refractivity (Wildman–Crippen MR) is 71.0 cm³/mol. The van der Waals surface area contributed by atoms with Gasteiger partial charge < -0.3 is 9.80 Å². The first-order chi connectivity index (χ1) is 7.70. The normalized spacial score (nSPS) is 17.8. The lowest BCUT2D eigenvalue weighted by molar-refractivity contribution is 0.271. The van der Waals surface area contributed by atoms with Crippen molar-refractivity contribution in [2.45, 2.75) is 13.8 Å². The zero-order chi connectivity index (χ0) is 11.5. The van der Waals surface area contributed by atoms with Gasteiger partial charge in [-0.25, -0.2) is 4.98 Å². The van der Waals surface area contributed by atoms with E-state index in [4.69, 9.17) is 0 Å². The Kier molecular flexibility index (Phi) is 3.82. The van der Waals surface area contributed by atoms with Crippen molar-refractivity contribution in [1.29, 1.82) is 0 Å². The van der Waals surface area contributed by atoms with Crippen molar-refractivity contribution in [3.8, 4) is 0 Å².